The second kappa shape index (κ2) is 9.70. The molecule has 2 atom stereocenters. The molecule has 1 fully saturated rings. The van der Waals surface area contributed by atoms with Crippen molar-refractivity contribution >= 4 is 34.6 Å². The fourth-order valence-corrected chi connectivity index (χ4v) is 4.51. The van der Waals surface area contributed by atoms with Crippen LogP contribution in [-0.2, 0) is 0 Å². The molecule has 4 N–H and O–H groups in total. The van der Waals surface area contributed by atoms with E-state index in [1.807, 2.05) is 25.1 Å². The predicted octanol–water partition coefficient (Wildman–Crippen LogP) is 1.48. The number of thiocarbonyl (C=S) groups is 1. The topological polar surface area (TPSA) is 32.9 Å². The number of quaternary nitrogens is 2. The number of rotatable bonds is 5. The van der Waals surface area contributed by atoms with E-state index in [1.54, 1.807) is 9.80 Å². The van der Waals surface area contributed by atoms with Crippen LogP contribution in [0.25, 0.3) is 0 Å². The van der Waals surface area contributed by atoms with Crippen LogP contribution < -0.4 is 20.4 Å². The molecule has 4 nitrogen and oxygen atoms in total. The highest BCUT2D eigenvalue weighted by atomic mass is 35.5. The molecule has 0 bridgehead atoms. The minimum atomic E-state index is 0.204. The number of nitrogens with one attached hydrogen (secondary N) is 4. The quantitative estimate of drug-likeness (QED) is 0.555. The molecule has 1 heterocycles. The third-order valence-electron chi connectivity index (χ3n) is 5.72. The summed E-state index contributed by atoms with van der Waals surface area (Å²) < 4.78 is 0. The summed E-state index contributed by atoms with van der Waals surface area (Å²) >= 11 is 11.9. The Balaban J connectivity index is 1.72. The van der Waals surface area contributed by atoms with Crippen molar-refractivity contribution in [3.63, 3.8) is 0 Å². The van der Waals surface area contributed by atoms with Gasteiger partial charge >= 0.3 is 0 Å². The monoisotopic (exact) mass is 418 g/mol. The van der Waals surface area contributed by atoms with Gasteiger partial charge in [0.1, 0.15) is 32.2 Å². The number of hydrogen-bond donors (Lipinski definition) is 4. The summed E-state index contributed by atoms with van der Waals surface area (Å²) in [6.07, 6.45) is 0. The van der Waals surface area contributed by atoms with Gasteiger partial charge in [-0.2, -0.15) is 0 Å². The van der Waals surface area contributed by atoms with Gasteiger partial charge in [0.2, 0.25) is 0 Å². The SMILES string of the molecule is Cc1c(Cl)cccc1NC(=S)N[C@H](C)[C@@H](c1ccccc1)[NH+]1CC[NH+](C)CC1. The van der Waals surface area contributed by atoms with E-state index < -0.39 is 0 Å². The van der Waals surface area contributed by atoms with E-state index in [0.29, 0.717) is 11.2 Å². The van der Waals surface area contributed by atoms with Crippen LogP contribution in [-0.4, -0.2) is 44.4 Å². The molecule has 2 aromatic carbocycles. The average molecular weight is 419 g/mol. The summed E-state index contributed by atoms with van der Waals surface area (Å²) in [4.78, 5) is 3.24. The van der Waals surface area contributed by atoms with Crippen molar-refractivity contribution in [2.75, 3.05) is 38.5 Å². The molecule has 0 aromatic heterocycles. The first kappa shape index (κ1) is 21.1. The molecule has 1 saturated heterocycles. The molecule has 0 unspecified atom stereocenters. The van der Waals surface area contributed by atoms with Crippen LogP contribution in [0.3, 0.4) is 0 Å². The van der Waals surface area contributed by atoms with Gasteiger partial charge in [-0.05, 0) is 43.8 Å². The maximum Gasteiger partial charge on any atom is 0.171 e. The smallest absolute Gasteiger partial charge is 0.171 e. The van der Waals surface area contributed by atoms with E-state index in [2.05, 4.69) is 54.9 Å². The van der Waals surface area contributed by atoms with Crippen LogP contribution in [0.15, 0.2) is 48.5 Å². The highest BCUT2D eigenvalue weighted by Gasteiger charge is 2.33. The Bertz CT molecular complexity index is 790. The van der Waals surface area contributed by atoms with Crippen LogP contribution in [0.2, 0.25) is 5.02 Å². The normalized spacial score (nSPS) is 21.6. The second-order valence-corrected chi connectivity index (χ2v) is 8.62. The molecule has 150 valence electrons. The van der Waals surface area contributed by atoms with E-state index in [0.717, 1.165) is 16.3 Å². The zero-order valence-electron chi connectivity index (χ0n) is 16.9. The average Bonchev–Trinajstić information content (AvgIpc) is 2.68. The predicted molar refractivity (Wildman–Crippen MR) is 122 cm³/mol. The van der Waals surface area contributed by atoms with Gasteiger partial charge in [0.25, 0.3) is 0 Å². The van der Waals surface area contributed by atoms with Gasteiger partial charge in [-0.25, -0.2) is 0 Å². The van der Waals surface area contributed by atoms with Crippen molar-refractivity contribution in [3.05, 3.63) is 64.7 Å². The lowest BCUT2D eigenvalue weighted by Gasteiger charge is -2.37. The molecule has 1 aliphatic rings. The summed E-state index contributed by atoms with van der Waals surface area (Å²) in [6.45, 7) is 8.98. The third kappa shape index (κ3) is 5.23. The Morgan fingerprint density at radius 1 is 1.04 bits per heavy atom. The molecule has 0 aliphatic carbocycles. The van der Waals surface area contributed by atoms with Gasteiger partial charge in [0.15, 0.2) is 5.11 Å². The molecule has 6 heteroatoms. The van der Waals surface area contributed by atoms with Crippen molar-refractivity contribution in [3.8, 4) is 0 Å². The van der Waals surface area contributed by atoms with E-state index in [9.17, 15) is 0 Å². The summed E-state index contributed by atoms with van der Waals surface area (Å²) in [5.41, 5.74) is 3.32. The number of piperazine rings is 1. The molecular weight excluding hydrogens is 388 g/mol. The lowest BCUT2D eigenvalue weighted by molar-refractivity contribution is -1.02. The Hall–Kier alpha value is -1.66. The first-order valence-electron chi connectivity index (χ1n) is 9.99. The molecular formula is C22H31ClN4S+2. The van der Waals surface area contributed by atoms with E-state index in [4.69, 9.17) is 23.8 Å². The molecule has 28 heavy (non-hydrogen) atoms. The van der Waals surface area contributed by atoms with Crippen molar-refractivity contribution in [1.29, 1.82) is 0 Å². The third-order valence-corrected chi connectivity index (χ3v) is 6.35. The lowest BCUT2D eigenvalue weighted by Crippen LogP contribution is -3.27. The fraction of sp³-hybridized carbons (Fsp3) is 0.409. The first-order chi connectivity index (χ1) is 13.5. The molecule has 0 radical (unpaired) electrons. The lowest BCUT2D eigenvalue weighted by atomic mass is 9.98. The number of benzene rings is 2. The highest BCUT2D eigenvalue weighted by Crippen LogP contribution is 2.23. The largest absolute Gasteiger partial charge is 0.354 e. The number of likely N-dealkylation sites (N-methyl/N-ethyl adjacent to an activating group) is 1. The molecule has 0 saturated carbocycles. The minimum absolute atomic E-state index is 0.204. The first-order valence-corrected chi connectivity index (χ1v) is 10.8. The van der Waals surface area contributed by atoms with E-state index in [-0.39, 0.29) is 6.04 Å². The summed E-state index contributed by atoms with van der Waals surface area (Å²) in [5.74, 6) is 0. The maximum atomic E-state index is 6.24. The summed E-state index contributed by atoms with van der Waals surface area (Å²) in [7, 11) is 2.28. The number of hydrogen-bond acceptors (Lipinski definition) is 1. The van der Waals surface area contributed by atoms with Gasteiger partial charge in [-0.1, -0.05) is 48.0 Å². The molecule has 0 spiro atoms. The maximum absolute atomic E-state index is 6.24. The van der Waals surface area contributed by atoms with Crippen LogP contribution in [0.5, 0.6) is 0 Å². The zero-order chi connectivity index (χ0) is 20.1. The van der Waals surface area contributed by atoms with Crippen molar-refractivity contribution in [1.82, 2.24) is 5.32 Å². The molecule has 2 aromatic rings. The van der Waals surface area contributed by atoms with Gasteiger partial charge < -0.3 is 20.4 Å². The Labute approximate surface area is 178 Å². The van der Waals surface area contributed by atoms with Crippen molar-refractivity contribution in [2.24, 2.45) is 0 Å². The van der Waals surface area contributed by atoms with Gasteiger partial charge in [0, 0.05) is 16.3 Å². The Kier molecular flexibility index (Phi) is 7.30. The zero-order valence-corrected chi connectivity index (χ0v) is 18.5. The number of anilines is 1. The minimum Gasteiger partial charge on any atom is -0.354 e. The number of halogens is 1. The summed E-state index contributed by atoms with van der Waals surface area (Å²) in [6, 6.07) is 17.2. The van der Waals surface area contributed by atoms with Crippen LogP contribution in [0, 0.1) is 6.92 Å². The van der Waals surface area contributed by atoms with Gasteiger partial charge in [-0.3, -0.25) is 0 Å². The van der Waals surface area contributed by atoms with Crippen LogP contribution >= 0.6 is 23.8 Å². The van der Waals surface area contributed by atoms with Gasteiger partial charge in [0.05, 0.1) is 13.1 Å². The van der Waals surface area contributed by atoms with Crippen LogP contribution in [0.1, 0.15) is 24.1 Å². The Morgan fingerprint density at radius 2 is 1.71 bits per heavy atom. The van der Waals surface area contributed by atoms with Gasteiger partial charge in [-0.15, -0.1) is 0 Å². The molecule has 0 amide bonds. The molecule has 1 aliphatic heterocycles. The van der Waals surface area contributed by atoms with E-state index >= 15 is 0 Å². The fourth-order valence-electron chi connectivity index (χ4n) is 4.04. The Morgan fingerprint density at radius 3 is 2.39 bits per heavy atom. The highest BCUT2D eigenvalue weighted by molar-refractivity contribution is 7.80. The summed E-state index contributed by atoms with van der Waals surface area (Å²) in [5, 5.41) is 8.23. The second-order valence-electron chi connectivity index (χ2n) is 7.80. The van der Waals surface area contributed by atoms with E-state index in [1.165, 1.54) is 31.7 Å². The van der Waals surface area contributed by atoms with Crippen molar-refractivity contribution < 1.29 is 9.80 Å². The van der Waals surface area contributed by atoms with Crippen LogP contribution in [0.4, 0.5) is 5.69 Å². The van der Waals surface area contributed by atoms with Crippen molar-refractivity contribution in [2.45, 2.75) is 25.9 Å². The molecule has 3 rings (SSSR count). The standard InChI is InChI=1S/C22H29ClN4S/c1-16-19(23)10-7-11-20(16)25-22(28)24-17(2)21(18-8-5-4-6-9-18)27-14-12-26(3)13-15-27/h4-11,17,21H,12-15H2,1-3H3,(H2,24,25,28)/p+2/t17-,21+/m1/s1.